The maximum absolute atomic E-state index is 12.2. The van der Waals surface area contributed by atoms with Gasteiger partial charge in [-0.3, -0.25) is 9.69 Å². The van der Waals surface area contributed by atoms with E-state index in [1.807, 2.05) is 23.6 Å². The fourth-order valence-electron chi connectivity index (χ4n) is 3.26. The Bertz CT molecular complexity index is 687. The van der Waals surface area contributed by atoms with Crippen molar-refractivity contribution in [1.29, 1.82) is 0 Å². The van der Waals surface area contributed by atoms with E-state index in [0.717, 1.165) is 31.8 Å². The first-order chi connectivity index (χ1) is 12.7. The minimum atomic E-state index is 0.113. The third kappa shape index (κ3) is 5.58. The second-order valence-corrected chi connectivity index (χ2v) is 7.86. The van der Waals surface area contributed by atoms with Crippen molar-refractivity contribution in [2.75, 3.05) is 13.1 Å². The zero-order chi connectivity index (χ0) is 18.2. The highest BCUT2D eigenvalue weighted by Gasteiger charge is 2.22. The average molecular weight is 373 g/mol. The number of thiophene rings is 1. The van der Waals surface area contributed by atoms with Crippen LogP contribution < -0.4 is 10.1 Å². The molecule has 1 amide bonds. The van der Waals surface area contributed by atoms with Crippen molar-refractivity contribution in [1.82, 2.24) is 10.2 Å². The molecule has 1 aromatic heterocycles. The molecular formula is C21H28N2O2S. The van der Waals surface area contributed by atoms with E-state index >= 15 is 0 Å². The fraction of sp³-hybridized carbons (Fsp3) is 0.476. The second kappa shape index (κ2) is 9.74. The fourth-order valence-corrected chi connectivity index (χ4v) is 3.90. The van der Waals surface area contributed by atoms with Crippen molar-refractivity contribution in [3.05, 3.63) is 52.2 Å². The monoisotopic (exact) mass is 372 g/mol. The second-order valence-electron chi connectivity index (χ2n) is 6.83. The van der Waals surface area contributed by atoms with Gasteiger partial charge in [-0.15, -0.1) is 11.3 Å². The normalized spacial score (nSPS) is 17.2. The number of amides is 1. The van der Waals surface area contributed by atoms with Crippen molar-refractivity contribution in [2.45, 2.75) is 51.8 Å². The third-order valence-corrected chi connectivity index (χ3v) is 5.57. The highest BCUT2D eigenvalue weighted by Crippen LogP contribution is 2.26. The Kier molecular flexibility index (Phi) is 7.09. The summed E-state index contributed by atoms with van der Waals surface area (Å²) in [6.45, 7) is 5.32. The van der Waals surface area contributed by atoms with Gasteiger partial charge in [-0.1, -0.05) is 37.6 Å². The highest BCUT2D eigenvalue weighted by atomic mass is 32.1. The van der Waals surface area contributed by atoms with Gasteiger partial charge >= 0.3 is 0 Å². The number of nitrogens with one attached hydrogen (secondary N) is 1. The molecule has 1 aliphatic heterocycles. The third-order valence-electron chi connectivity index (χ3n) is 4.70. The van der Waals surface area contributed by atoms with Gasteiger partial charge in [-0.25, -0.2) is 0 Å². The molecule has 0 radical (unpaired) electrons. The molecule has 0 saturated carbocycles. The molecule has 1 atom stereocenters. The van der Waals surface area contributed by atoms with Crippen molar-refractivity contribution < 1.29 is 9.53 Å². The smallest absolute Gasteiger partial charge is 0.221 e. The van der Waals surface area contributed by atoms with Crippen LogP contribution >= 0.6 is 11.3 Å². The van der Waals surface area contributed by atoms with Gasteiger partial charge in [0.25, 0.3) is 0 Å². The quantitative estimate of drug-likeness (QED) is 0.755. The largest absolute Gasteiger partial charge is 0.489 e. The number of rotatable bonds is 8. The summed E-state index contributed by atoms with van der Waals surface area (Å²) in [5, 5.41) is 5.05. The number of unbranched alkanes of at least 4 members (excludes halogenated alkanes) is 1. The first-order valence-electron chi connectivity index (χ1n) is 9.50. The van der Waals surface area contributed by atoms with Gasteiger partial charge in [-0.05, 0) is 30.4 Å². The molecular weight excluding hydrogens is 344 g/mol. The van der Waals surface area contributed by atoms with E-state index in [0.29, 0.717) is 13.0 Å². The van der Waals surface area contributed by atoms with Crippen LogP contribution in [0.2, 0.25) is 0 Å². The molecule has 0 spiro atoms. The van der Waals surface area contributed by atoms with Gasteiger partial charge < -0.3 is 10.1 Å². The van der Waals surface area contributed by atoms with Gasteiger partial charge in [0.05, 0.1) is 6.54 Å². The topological polar surface area (TPSA) is 41.6 Å². The summed E-state index contributed by atoms with van der Waals surface area (Å²) in [5.74, 6) is 1.11. The molecule has 4 nitrogen and oxygen atoms in total. The van der Waals surface area contributed by atoms with Gasteiger partial charge in [-0.2, -0.15) is 0 Å². The van der Waals surface area contributed by atoms with E-state index in [2.05, 4.69) is 35.3 Å². The molecule has 3 rings (SSSR count). The van der Waals surface area contributed by atoms with E-state index in [1.54, 1.807) is 11.3 Å². The molecule has 1 aromatic carbocycles. The van der Waals surface area contributed by atoms with Gasteiger partial charge in [0.2, 0.25) is 5.91 Å². The number of fused-ring (bicyclic) bond motifs is 1. The van der Waals surface area contributed by atoms with Crippen molar-refractivity contribution >= 4 is 17.2 Å². The van der Waals surface area contributed by atoms with E-state index < -0.39 is 0 Å². The zero-order valence-corrected chi connectivity index (χ0v) is 16.3. The molecule has 140 valence electrons. The van der Waals surface area contributed by atoms with Crippen molar-refractivity contribution in [2.24, 2.45) is 0 Å². The van der Waals surface area contributed by atoms with Crippen LogP contribution in [0.5, 0.6) is 5.75 Å². The molecule has 1 N–H and O–H groups in total. The van der Waals surface area contributed by atoms with Crippen LogP contribution in [0.25, 0.3) is 0 Å². The van der Waals surface area contributed by atoms with Crippen molar-refractivity contribution in [3.63, 3.8) is 0 Å². The molecule has 0 saturated heterocycles. The number of nitrogens with zero attached hydrogens (tertiary/aromatic N) is 1. The standard InChI is InChI=1S/C21H28N2O2S/c1-2-3-8-18-16-23(15-17-7-4-5-10-20(17)25-18)12-11-21(24)22-14-19-9-6-13-26-19/h4-7,9-10,13,18H,2-3,8,11-12,14-16H2,1H3,(H,22,24)/t18-/m0/s1. The summed E-state index contributed by atoms with van der Waals surface area (Å²) >= 11 is 1.67. The maximum atomic E-state index is 12.2. The first-order valence-corrected chi connectivity index (χ1v) is 10.4. The molecule has 26 heavy (non-hydrogen) atoms. The van der Waals surface area contributed by atoms with E-state index in [4.69, 9.17) is 4.74 Å². The van der Waals surface area contributed by atoms with Crippen LogP contribution in [-0.4, -0.2) is 30.0 Å². The van der Waals surface area contributed by atoms with E-state index in [1.165, 1.54) is 23.3 Å². The summed E-state index contributed by atoms with van der Waals surface area (Å²) in [4.78, 5) is 15.7. The summed E-state index contributed by atoms with van der Waals surface area (Å²) in [6.07, 6.45) is 4.13. The Morgan fingerprint density at radius 3 is 3.00 bits per heavy atom. The van der Waals surface area contributed by atoms with Crippen LogP contribution in [0.4, 0.5) is 0 Å². The van der Waals surface area contributed by atoms with Gasteiger partial charge in [0.1, 0.15) is 11.9 Å². The Morgan fingerprint density at radius 2 is 2.19 bits per heavy atom. The number of benzene rings is 1. The predicted molar refractivity (Wildman–Crippen MR) is 106 cm³/mol. The summed E-state index contributed by atoms with van der Waals surface area (Å²) in [5.41, 5.74) is 1.21. The van der Waals surface area contributed by atoms with Gasteiger partial charge in [0, 0.05) is 36.5 Å². The summed E-state index contributed by atoms with van der Waals surface area (Å²) < 4.78 is 6.25. The Balaban J connectivity index is 1.54. The molecule has 2 aromatic rings. The molecule has 0 bridgehead atoms. The van der Waals surface area contributed by atoms with Crippen LogP contribution in [0.3, 0.4) is 0 Å². The number of para-hydroxylation sites is 1. The lowest BCUT2D eigenvalue weighted by Gasteiger charge is -2.23. The summed E-state index contributed by atoms with van der Waals surface area (Å²) in [6, 6.07) is 12.3. The number of carbonyl (C=O) groups is 1. The van der Waals surface area contributed by atoms with Gasteiger partial charge in [0.15, 0.2) is 0 Å². The molecule has 1 aliphatic rings. The molecule has 0 aliphatic carbocycles. The lowest BCUT2D eigenvalue weighted by atomic mass is 10.1. The van der Waals surface area contributed by atoms with Crippen LogP contribution in [0.1, 0.15) is 43.0 Å². The summed E-state index contributed by atoms with van der Waals surface area (Å²) in [7, 11) is 0. The number of hydrogen-bond donors (Lipinski definition) is 1. The first kappa shape index (κ1) is 18.9. The lowest BCUT2D eigenvalue weighted by molar-refractivity contribution is -0.121. The van der Waals surface area contributed by atoms with Crippen LogP contribution in [-0.2, 0) is 17.9 Å². The number of hydrogen-bond acceptors (Lipinski definition) is 4. The number of ether oxygens (including phenoxy) is 1. The predicted octanol–water partition coefficient (Wildman–Crippen LogP) is 4.21. The average Bonchev–Trinajstić information content (AvgIpc) is 3.10. The molecule has 0 unspecified atom stereocenters. The minimum Gasteiger partial charge on any atom is -0.489 e. The minimum absolute atomic E-state index is 0.113. The highest BCUT2D eigenvalue weighted by molar-refractivity contribution is 7.09. The van der Waals surface area contributed by atoms with E-state index in [9.17, 15) is 4.79 Å². The zero-order valence-electron chi connectivity index (χ0n) is 15.4. The molecule has 2 heterocycles. The van der Waals surface area contributed by atoms with Crippen LogP contribution in [0, 0.1) is 0 Å². The Morgan fingerprint density at radius 1 is 1.31 bits per heavy atom. The van der Waals surface area contributed by atoms with Crippen LogP contribution in [0.15, 0.2) is 41.8 Å². The van der Waals surface area contributed by atoms with Crippen molar-refractivity contribution in [3.8, 4) is 5.75 Å². The van der Waals surface area contributed by atoms with E-state index in [-0.39, 0.29) is 12.0 Å². The number of carbonyl (C=O) groups excluding carboxylic acids is 1. The maximum Gasteiger partial charge on any atom is 0.221 e. The molecule has 5 heteroatoms. The Hall–Kier alpha value is -1.85. The molecule has 0 fully saturated rings. The lowest BCUT2D eigenvalue weighted by Crippen LogP contribution is -2.35. The SMILES string of the molecule is CCCC[C@H]1CN(CCC(=O)NCc2cccs2)Cc2ccccc2O1. The Labute approximate surface area is 160 Å².